The van der Waals surface area contributed by atoms with Crippen molar-refractivity contribution in [2.75, 3.05) is 7.11 Å². The minimum atomic E-state index is -0.334. The molecule has 0 heterocycles. The van der Waals surface area contributed by atoms with E-state index in [1.54, 1.807) is 6.92 Å². The van der Waals surface area contributed by atoms with Crippen molar-refractivity contribution >= 4 is 23.4 Å². The summed E-state index contributed by atoms with van der Waals surface area (Å²) in [5, 5.41) is 9.39. The Morgan fingerprint density at radius 2 is 2.06 bits per heavy atom. The van der Waals surface area contributed by atoms with Crippen LogP contribution >= 0.6 is 11.6 Å². The molecule has 1 aromatic carbocycles. The number of hydrogen-bond acceptors (Lipinski definition) is 4. The minimum Gasteiger partial charge on any atom is -0.506 e. The van der Waals surface area contributed by atoms with Gasteiger partial charge in [0.15, 0.2) is 5.78 Å². The highest BCUT2D eigenvalue weighted by Gasteiger charge is 2.15. The first kappa shape index (κ1) is 14.5. The number of carbonyl (C=O) groups excluding carboxylic acids is 2. The zero-order chi connectivity index (χ0) is 13.7. The van der Waals surface area contributed by atoms with E-state index in [1.807, 2.05) is 0 Å². The van der Waals surface area contributed by atoms with Gasteiger partial charge in [0.05, 0.1) is 12.1 Å². The molecule has 0 aliphatic heterocycles. The Kier molecular flexibility index (Phi) is 5.16. The van der Waals surface area contributed by atoms with Crippen LogP contribution in [0.4, 0.5) is 0 Å². The molecule has 0 saturated heterocycles. The number of phenols is 1. The molecule has 0 saturated carbocycles. The lowest BCUT2D eigenvalue weighted by atomic mass is 9.97. The van der Waals surface area contributed by atoms with Crippen LogP contribution in [0.15, 0.2) is 18.2 Å². The molecule has 1 rings (SSSR count). The van der Waals surface area contributed by atoms with Crippen LogP contribution in [0.3, 0.4) is 0 Å². The highest BCUT2D eigenvalue weighted by atomic mass is 35.5. The highest BCUT2D eigenvalue weighted by molar-refractivity contribution is 6.32. The number of ether oxygens (including phenoxy) is 1. The lowest BCUT2D eigenvalue weighted by Crippen LogP contribution is -2.11. The SMILES string of the molecule is COC(=O)CC(C)CC(=O)c1ccc(O)c(Cl)c1. The normalized spacial score (nSPS) is 11.9. The third kappa shape index (κ3) is 4.04. The summed E-state index contributed by atoms with van der Waals surface area (Å²) in [6, 6.07) is 4.30. The van der Waals surface area contributed by atoms with Crippen molar-refractivity contribution < 1.29 is 19.4 Å². The quantitative estimate of drug-likeness (QED) is 0.660. The van der Waals surface area contributed by atoms with Crippen LogP contribution in [0, 0.1) is 5.92 Å². The van der Waals surface area contributed by atoms with E-state index >= 15 is 0 Å². The maximum absolute atomic E-state index is 11.9. The first-order valence-corrected chi connectivity index (χ1v) is 5.90. The van der Waals surface area contributed by atoms with Crippen LogP contribution in [-0.2, 0) is 9.53 Å². The van der Waals surface area contributed by atoms with Crippen molar-refractivity contribution in [3.8, 4) is 5.75 Å². The van der Waals surface area contributed by atoms with E-state index in [4.69, 9.17) is 11.6 Å². The first-order valence-electron chi connectivity index (χ1n) is 5.52. The summed E-state index contributed by atoms with van der Waals surface area (Å²) in [5.41, 5.74) is 0.425. The van der Waals surface area contributed by atoms with E-state index in [0.717, 1.165) is 0 Å². The molecule has 1 unspecified atom stereocenters. The number of carbonyl (C=O) groups is 2. The Morgan fingerprint density at radius 3 is 2.61 bits per heavy atom. The predicted molar refractivity (Wildman–Crippen MR) is 67.9 cm³/mol. The highest BCUT2D eigenvalue weighted by Crippen LogP contribution is 2.25. The van der Waals surface area contributed by atoms with Gasteiger partial charge >= 0.3 is 5.97 Å². The standard InChI is InChI=1S/C13H15ClO4/c1-8(6-13(17)18-2)5-12(16)9-3-4-11(15)10(14)7-9/h3-4,7-8,15H,5-6H2,1-2H3. The number of esters is 1. The fraction of sp³-hybridized carbons (Fsp3) is 0.385. The molecule has 18 heavy (non-hydrogen) atoms. The molecule has 5 heteroatoms. The average molecular weight is 271 g/mol. The first-order chi connectivity index (χ1) is 8.43. The third-order valence-corrected chi connectivity index (χ3v) is 2.85. The van der Waals surface area contributed by atoms with Gasteiger partial charge in [0.25, 0.3) is 0 Å². The van der Waals surface area contributed by atoms with Gasteiger partial charge in [0, 0.05) is 18.4 Å². The number of halogens is 1. The van der Waals surface area contributed by atoms with Gasteiger partial charge < -0.3 is 9.84 Å². The molecule has 1 N–H and O–H groups in total. The van der Waals surface area contributed by atoms with Crippen molar-refractivity contribution in [1.29, 1.82) is 0 Å². The summed E-state index contributed by atoms with van der Waals surface area (Å²) in [6.45, 7) is 1.80. The number of rotatable bonds is 5. The molecule has 0 aliphatic rings. The van der Waals surface area contributed by atoms with Crippen LogP contribution in [0.1, 0.15) is 30.1 Å². The van der Waals surface area contributed by atoms with Crippen LogP contribution in [-0.4, -0.2) is 24.0 Å². The molecule has 0 amide bonds. The zero-order valence-electron chi connectivity index (χ0n) is 10.3. The van der Waals surface area contributed by atoms with E-state index in [9.17, 15) is 14.7 Å². The van der Waals surface area contributed by atoms with Gasteiger partial charge in [-0.05, 0) is 24.1 Å². The van der Waals surface area contributed by atoms with Crippen LogP contribution in [0.5, 0.6) is 5.75 Å². The molecule has 0 aliphatic carbocycles. The number of Topliss-reactive ketones (excluding diaryl/α,β-unsaturated/α-hetero) is 1. The van der Waals surface area contributed by atoms with E-state index in [2.05, 4.69) is 4.74 Å². The summed E-state index contributed by atoms with van der Waals surface area (Å²) in [5.74, 6) is -0.610. The van der Waals surface area contributed by atoms with E-state index in [0.29, 0.717) is 5.56 Å². The van der Waals surface area contributed by atoms with E-state index in [1.165, 1.54) is 25.3 Å². The molecule has 4 nitrogen and oxygen atoms in total. The number of benzene rings is 1. The predicted octanol–water partition coefficient (Wildman–Crippen LogP) is 2.82. The molecule has 0 spiro atoms. The molecular formula is C13H15ClO4. The molecule has 0 fully saturated rings. The maximum Gasteiger partial charge on any atom is 0.305 e. The lowest BCUT2D eigenvalue weighted by Gasteiger charge is -2.09. The summed E-state index contributed by atoms with van der Waals surface area (Å²) < 4.78 is 4.54. The number of hydrogen-bond donors (Lipinski definition) is 1. The van der Waals surface area contributed by atoms with Crippen molar-refractivity contribution in [3.05, 3.63) is 28.8 Å². The monoisotopic (exact) mass is 270 g/mol. The molecule has 0 radical (unpaired) electrons. The van der Waals surface area contributed by atoms with Gasteiger partial charge in [-0.3, -0.25) is 9.59 Å². The van der Waals surface area contributed by atoms with Gasteiger partial charge in [-0.2, -0.15) is 0 Å². The Balaban J connectivity index is 2.64. The van der Waals surface area contributed by atoms with Crippen LogP contribution in [0.25, 0.3) is 0 Å². The van der Waals surface area contributed by atoms with Crippen molar-refractivity contribution in [2.45, 2.75) is 19.8 Å². The number of ketones is 1. The Hall–Kier alpha value is -1.55. The smallest absolute Gasteiger partial charge is 0.305 e. The molecule has 0 bridgehead atoms. The molecule has 0 aromatic heterocycles. The van der Waals surface area contributed by atoms with Crippen molar-refractivity contribution in [1.82, 2.24) is 0 Å². The fourth-order valence-electron chi connectivity index (χ4n) is 1.55. The summed E-state index contributed by atoms with van der Waals surface area (Å²) in [4.78, 5) is 22.9. The molecule has 1 atom stereocenters. The molecular weight excluding hydrogens is 256 g/mol. The number of aromatic hydroxyl groups is 1. The van der Waals surface area contributed by atoms with Crippen molar-refractivity contribution in [2.24, 2.45) is 5.92 Å². The summed E-state index contributed by atoms with van der Waals surface area (Å²) >= 11 is 5.72. The van der Waals surface area contributed by atoms with Gasteiger partial charge in [-0.15, -0.1) is 0 Å². The molecule has 98 valence electrons. The maximum atomic E-state index is 11.9. The van der Waals surface area contributed by atoms with E-state index < -0.39 is 0 Å². The number of methoxy groups -OCH3 is 1. The van der Waals surface area contributed by atoms with Gasteiger partial charge in [-0.25, -0.2) is 0 Å². The fourth-order valence-corrected chi connectivity index (χ4v) is 1.74. The lowest BCUT2D eigenvalue weighted by molar-refractivity contribution is -0.141. The number of phenolic OH excluding ortho intramolecular Hbond substituents is 1. The summed E-state index contributed by atoms with van der Waals surface area (Å²) in [6.07, 6.45) is 0.435. The van der Waals surface area contributed by atoms with Crippen LogP contribution in [0.2, 0.25) is 5.02 Å². The van der Waals surface area contributed by atoms with Gasteiger partial charge in [-0.1, -0.05) is 18.5 Å². The third-order valence-electron chi connectivity index (χ3n) is 2.55. The second-order valence-corrected chi connectivity index (χ2v) is 4.59. The van der Waals surface area contributed by atoms with Crippen LogP contribution < -0.4 is 0 Å². The van der Waals surface area contributed by atoms with Gasteiger partial charge in [0.1, 0.15) is 5.75 Å². The second-order valence-electron chi connectivity index (χ2n) is 4.18. The Bertz CT molecular complexity index is 456. The second kappa shape index (κ2) is 6.40. The minimum absolute atomic E-state index is 0.0594. The Morgan fingerprint density at radius 1 is 1.39 bits per heavy atom. The average Bonchev–Trinajstić information content (AvgIpc) is 2.32. The Labute approximate surface area is 111 Å². The topological polar surface area (TPSA) is 63.6 Å². The zero-order valence-corrected chi connectivity index (χ0v) is 11.0. The summed E-state index contributed by atoms with van der Waals surface area (Å²) in [7, 11) is 1.32. The van der Waals surface area contributed by atoms with E-state index in [-0.39, 0.29) is 41.3 Å². The largest absolute Gasteiger partial charge is 0.506 e. The van der Waals surface area contributed by atoms with Crippen molar-refractivity contribution in [3.63, 3.8) is 0 Å². The molecule has 1 aromatic rings. The van der Waals surface area contributed by atoms with Gasteiger partial charge in [0.2, 0.25) is 0 Å².